The van der Waals surface area contributed by atoms with Gasteiger partial charge in [0, 0.05) is 0 Å². The first-order valence-electron chi connectivity index (χ1n) is 6.94. The minimum absolute atomic E-state index is 0.193. The van der Waals surface area contributed by atoms with Gasteiger partial charge in [-0.05, 0) is 31.8 Å². The summed E-state index contributed by atoms with van der Waals surface area (Å²) in [5.74, 6) is 0.791. The summed E-state index contributed by atoms with van der Waals surface area (Å²) in [4.78, 5) is 11.2. The zero-order valence-corrected chi connectivity index (χ0v) is 13.1. The SMILES string of the molecule is C/C=C\C=C(\CC(C)CC)C(C)=O.CC.CC. The fraction of sp³-hybridized carbons (Fsp3) is 0.688. The van der Waals surface area contributed by atoms with Crippen molar-refractivity contribution in [3.8, 4) is 0 Å². The van der Waals surface area contributed by atoms with E-state index in [0.29, 0.717) is 5.92 Å². The standard InChI is InChI=1S/C12H20O.2C2H6/c1-5-7-8-12(11(4)13)9-10(3)6-2;2*1-2/h5,7-8,10H,6,9H2,1-4H3;2*1-2H3/b7-5-,12-8-;;. The third kappa shape index (κ3) is 15.1. The van der Waals surface area contributed by atoms with Gasteiger partial charge in [-0.2, -0.15) is 0 Å². The maximum Gasteiger partial charge on any atom is 0.155 e. The highest BCUT2D eigenvalue weighted by molar-refractivity contribution is 5.93. The van der Waals surface area contributed by atoms with Gasteiger partial charge in [0.25, 0.3) is 0 Å². The molecule has 0 aliphatic heterocycles. The molecule has 0 bridgehead atoms. The van der Waals surface area contributed by atoms with Crippen LogP contribution in [0.2, 0.25) is 0 Å². The Labute approximate surface area is 109 Å². The number of Topliss-reactive ketones (excluding diaryl/α,β-unsaturated/α-hetero) is 1. The van der Waals surface area contributed by atoms with Crippen LogP contribution in [0.1, 0.15) is 68.2 Å². The molecule has 0 aromatic heterocycles. The lowest BCUT2D eigenvalue weighted by Crippen LogP contribution is -2.02. The van der Waals surface area contributed by atoms with Gasteiger partial charge in [-0.25, -0.2) is 0 Å². The highest BCUT2D eigenvalue weighted by atomic mass is 16.1. The average molecular weight is 240 g/mol. The van der Waals surface area contributed by atoms with Crippen LogP contribution in [-0.2, 0) is 4.79 Å². The van der Waals surface area contributed by atoms with Crippen LogP contribution in [0, 0.1) is 5.92 Å². The number of carbonyl (C=O) groups is 1. The monoisotopic (exact) mass is 240 g/mol. The zero-order chi connectivity index (χ0) is 14.3. The highest BCUT2D eigenvalue weighted by Gasteiger charge is 2.06. The van der Waals surface area contributed by atoms with Crippen molar-refractivity contribution in [2.45, 2.75) is 68.2 Å². The Morgan fingerprint density at radius 2 is 1.65 bits per heavy atom. The summed E-state index contributed by atoms with van der Waals surface area (Å²) in [5, 5.41) is 0. The van der Waals surface area contributed by atoms with Crippen molar-refractivity contribution in [1.29, 1.82) is 0 Å². The van der Waals surface area contributed by atoms with E-state index in [9.17, 15) is 4.79 Å². The van der Waals surface area contributed by atoms with Crippen LogP contribution >= 0.6 is 0 Å². The summed E-state index contributed by atoms with van der Waals surface area (Å²) in [6.45, 7) is 15.9. The summed E-state index contributed by atoms with van der Waals surface area (Å²) in [5.41, 5.74) is 0.937. The Bertz CT molecular complexity index is 212. The fourth-order valence-corrected chi connectivity index (χ4v) is 1.06. The van der Waals surface area contributed by atoms with Crippen molar-refractivity contribution in [3.05, 3.63) is 23.8 Å². The molecule has 0 aliphatic rings. The van der Waals surface area contributed by atoms with E-state index in [-0.39, 0.29) is 5.78 Å². The molecule has 0 heterocycles. The number of hydrogen-bond acceptors (Lipinski definition) is 1. The van der Waals surface area contributed by atoms with Crippen molar-refractivity contribution >= 4 is 5.78 Å². The Balaban J connectivity index is -0.000000439. The largest absolute Gasteiger partial charge is 0.295 e. The first kappa shape index (κ1) is 21.4. The lowest BCUT2D eigenvalue weighted by molar-refractivity contribution is -0.113. The molecular weight excluding hydrogens is 208 g/mol. The van der Waals surface area contributed by atoms with Gasteiger partial charge in [0.15, 0.2) is 5.78 Å². The summed E-state index contributed by atoms with van der Waals surface area (Å²) in [6, 6.07) is 0. The molecule has 0 amide bonds. The highest BCUT2D eigenvalue weighted by Crippen LogP contribution is 2.15. The van der Waals surface area contributed by atoms with E-state index in [0.717, 1.165) is 18.4 Å². The fourth-order valence-electron chi connectivity index (χ4n) is 1.06. The van der Waals surface area contributed by atoms with Crippen molar-refractivity contribution in [2.24, 2.45) is 5.92 Å². The maximum absolute atomic E-state index is 11.2. The number of ketones is 1. The van der Waals surface area contributed by atoms with E-state index >= 15 is 0 Å². The third-order valence-corrected chi connectivity index (χ3v) is 2.21. The number of rotatable bonds is 5. The molecular formula is C16H32O. The Kier molecular flexibility index (Phi) is 22.1. The molecule has 1 heteroatoms. The second-order valence-electron chi connectivity index (χ2n) is 3.49. The molecule has 1 atom stereocenters. The Morgan fingerprint density at radius 3 is 1.94 bits per heavy atom. The summed E-state index contributed by atoms with van der Waals surface area (Å²) in [7, 11) is 0. The minimum Gasteiger partial charge on any atom is -0.295 e. The molecule has 102 valence electrons. The van der Waals surface area contributed by atoms with E-state index in [2.05, 4.69) is 13.8 Å². The molecule has 0 saturated carbocycles. The molecule has 0 fully saturated rings. The van der Waals surface area contributed by atoms with Crippen LogP contribution in [0.15, 0.2) is 23.8 Å². The molecule has 1 unspecified atom stereocenters. The molecule has 0 aromatic rings. The third-order valence-electron chi connectivity index (χ3n) is 2.21. The summed E-state index contributed by atoms with van der Waals surface area (Å²) >= 11 is 0. The van der Waals surface area contributed by atoms with Gasteiger partial charge < -0.3 is 0 Å². The first-order chi connectivity index (χ1) is 8.11. The molecule has 0 N–H and O–H groups in total. The second-order valence-corrected chi connectivity index (χ2v) is 3.49. The number of hydrogen-bond donors (Lipinski definition) is 0. The quantitative estimate of drug-likeness (QED) is 0.454. The van der Waals surface area contributed by atoms with Gasteiger partial charge >= 0.3 is 0 Å². The predicted octanol–water partition coefficient (Wildman–Crippen LogP) is 5.57. The molecule has 0 aromatic carbocycles. The van der Waals surface area contributed by atoms with E-state index in [1.54, 1.807) is 6.92 Å². The van der Waals surface area contributed by atoms with Crippen LogP contribution in [0.4, 0.5) is 0 Å². The van der Waals surface area contributed by atoms with Gasteiger partial charge in [-0.15, -0.1) is 0 Å². The van der Waals surface area contributed by atoms with Gasteiger partial charge in [-0.1, -0.05) is 66.2 Å². The van der Waals surface area contributed by atoms with E-state index < -0.39 is 0 Å². The minimum atomic E-state index is 0.193. The average Bonchev–Trinajstić information content (AvgIpc) is 2.38. The number of allylic oxidation sites excluding steroid dienone is 4. The van der Waals surface area contributed by atoms with Crippen LogP contribution in [0.25, 0.3) is 0 Å². The van der Waals surface area contributed by atoms with Gasteiger partial charge in [0.1, 0.15) is 0 Å². The molecule has 0 aliphatic carbocycles. The van der Waals surface area contributed by atoms with E-state index in [4.69, 9.17) is 0 Å². The second kappa shape index (κ2) is 17.5. The van der Waals surface area contributed by atoms with Crippen LogP contribution < -0.4 is 0 Å². The molecule has 1 nitrogen and oxygen atoms in total. The normalized spacial score (nSPS) is 12.1. The molecule has 0 saturated heterocycles. The van der Waals surface area contributed by atoms with Crippen LogP contribution in [-0.4, -0.2) is 5.78 Å². The number of carbonyl (C=O) groups excluding carboxylic acids is 1. The van der Waals surface area contributed by atoms with Gasteiger partial charge in [0.05, 0.1) is 0 Å². The maximum atomic E-state index is 11.2. The lowest BCUT2D eigenvalue weighted by atomic mass is 9.96. The molecule has 0 spiro atoms. The van der Waals surface area contributed by atoms with Gasteiger partial charge in [0.2, 0.25) is 0 Å². The summed E-state index contributed by atoms with van der Waals surface area (Å²) < 4.78 is 0. The lowest BCUT2D eigenvalue weighted by Gasteiger charge is -2.08. The van der Waals surface area contributed by atoms with Crippen molar-refractivity contribution in [1.82, 2.24) is 0 Å². The smallest absolute Gasteiger partial charge is 0.155 e. The van der Waals surface area contributed by atoms with Crippen molar-refractivity contribution in [3.63, 3.8) is 0 Å². The molecule has 0 rings (SSSR count). The van der Waals surface area contributed by atoms with Crippen molar-refractivity contribution in [2.75, 3.05) is 0 Å². The first-order valence-corrected chi connectivity index (χ1v) is 6.94. The molecule has 17 heavy (non-hydrogen) atoms. The van der Waals surface area contributed by atoms with E-state index in [1.165, 1.54) is 0 Å². The van der Waals surface area contributed by atoms with Crippen LogP contribution in [0.3, 0.4) is 0 Å². The Morgan fingerprint density at radius 1 is 1.18 bits per heavy atom. The van der Waals surface area contributed by atoms with Gasteiger partial charge in [-0.3, -0.25) is 4.79 Å². The zero-order valence-electron chi connectivity index (χ0n) is 13.1. The Hall–Kier alpha value is -0.850. The van der Waals surface area contributed by atoms with Crippen LogP contribution in [0.5, 0.6) is 0 Å². The summed E-state index contributed by atoms with van der Waals surface area (Å²) in [6.07, 6.45) is 7.82. The predicted molar refractivity (Wildman–Crippen MR) is 80.3 cm³/mol. The topological polar surface area (TPSA) is 17.1 Å². The molecule has 0 radical (unpaired) electrons. The van der Waals surface area contributed by atoms with Crippen molar-refractivity contribution < 1.29 is 4.79 Å². The van der Waals surface area contributed by atoms with E-state index in [1.807, 2.05) is 52.8 Å².